The van der Waals surface area contributed by atoms with Gasteiger partial charge >= 0.3 is 6.18 Å². The van der Waals surface area contributed by atoms with Crippen LogP contribution in [0, 0.1) is 0 Å². The first-order chi connectivity index (χ1) is 5.55. The number of nitrogens with zero attached hydrogens (tertiary/aromatic N) is 2. The molecule has 0 bridgehead atoms. The van der Waals surface area contributed by atoms with Crippen LogP contribution in [0.1, 0.15) is 5.01 Å². The molecule has 0 radical (unpaired) electrons. The van der Waals surface area contributed by atoms with E-state index in [1.54, 1.807) is 0 Å². The van der Waals surface area contributed by atoms with Gasteiger partial charge in [0.2, 0.25) is 5.71 Å². The van der Waals surface area contributed by atoms with Crippen LogP contribution < -0.4 is 0 Å². The molecular weight excluding hydrogens is 193 g/mol. The highest BCUT2D eigenvalue weighted by atomic mass is 32.1. The third-order valence-corrected chi connectivity index (χ3v) is 1.78. The van der Waals surface area contributed by atoms with Gasteiger partial charge in [0.25, 0.3) is 0 Å². The maximum Gasteiger partial charge on any atom is 0.439 e. The normalized spacial score (nSPS) is 13.4. The van der Waals surface area contributed by atoms with Gasteiger partial charge < -0.3 is 5.21 Å². The molecule has 0 aromatic carbocycles. The lowest BCUT2D eigenvalue weighted by atomic mass is 10.4. The van der Waals surface area contributed by atoms with Crippen LogP contribution in [0.4, 0.5) is 13.2 Å². The fourth-order valence-electron chi connectivity index (χ4n) is 0.561. The highest BCUT2D eigenvalue weighted by molar-refractivity contribution is 7.11. The molecule has 1 aromatic rings. The van der Waals surface area contributed by atoms with E-state index < -0.39 is 11.9 Å². The Hall–Kier alpha value is -1.11. The Morgan fingerprint density at radius 3 is 2.58 bits per heavy atom. The minimum Gasteiger partial charge on any atom is -0.410 e. The molecule has 0 aliphatic rings. The van der Waals surface area contributed by atoms with Crippen molar-refractivity contribution >= 4 is 17.0 Å². The summed E-state index contributed by atoms with van der Waals surface area (Å²) in [5.41, 5.74) is -1.36. The summed E-state index contributed by atoms with van der Waals surface area (Å²) in [6.45, 7) is 0. The average Bonchev–Trinajstić information content (AvgIpc) is 2.38. The van der Waals surface area contributed by atoms with E-state index in [2.05, 4.69) is 10.1 Å². The van der Waals surface area contributed by atoms with Crippen LogP contribution in [-0.4, -0.2) is 22.1 Å². The standard InChI is InChI=1S/C5H3F3N2OS/c6-5(7,8)3(10-11)4-9-1-2-12-4/h1-2,11H. The van der Waals surface area contributed by atoms with Crippen molar-refractivity contribution in [2.45, 2.75) is 6.18 Å². The van der Waals surface area contributed by atoms with Crippen LogP contribution in [0.25, 0.3) is 0 Å². The maximum atomic E-state index is 12.0. The quantitative estimate of drug-likeness (QED) is 0.423. The van der Waals surface area contributed by atoms with Gasteiger partial charge in [0, 0.05) is 11.6 Å². The van der Waals surface area contributed by atoms with Gasteiger partial charge in [0.05, 0.1) is 0 Å². The molecule has 1 heterocycles. The molecule has 0 unspecified atom stereocenters. The first kappa shape index (κ1) is 8.98. The molecule has 1 rings (SSSR count). The van der Waals surface area contributed by atoms with E-state index in [0.29, 0.717) is 0 Å². The second-order valence-electron chi connectivity index (χ2n) is 1.78. The Labute approximate surface area is 69.2 Å². The molecule has 0 saturated carbocycles. The van der Waals surface area contributed by atoms with Crippen molar-refractivity contribution in [1.82, 2.24) is 4.98 Å². The predicted octanol–water partition coefficient (Wildman–Crippen LogP) is 1.88. The summed E-state index contributed by atoms with van der Waals surface area (Å²) in [4.78, 5) is 3.36. The number of hydrogen-bond donors (Lipinski definition) is 1. The highest BCUT2D eigenvalue weighted by Crippen LogP contribution is 2.23. The minimum absolute atomic E-state index is 0.343. The number of thiazole rings is 1. The number of oxime groups is 1. The Balaban J connectivity index is 3.01. The van der Waals surface area contributed by atoms with Gasteiger partial charge in [-0.2, -0.15) is 13.2 Å². The zero-order valence-electron chi connectivity index (χ0n) is 5.54. The molecule has 0 spiro atoms. The number of alkyl halides is 3. The number of hydrogen-bond acceptors (Lipinski definition) is 4. The van der Waals surface area contributed by atoms with Crippen LogP contribution in [0.2, 0.25) is 0 Å². The van der Waals surface area contributed by atoms with Crippen molar-refractivity contribution in [3.05, 3.63) is 16.6 Å². The molecule has 0 amide bonds. The zero-order chi connectivity index (χ0) is 9.19. The lowest BCUT2D eigenvalue weighted by Crippen LogP contribution is -2.23. The fraction of sp³-hybridized carbons (Fsp3) is 0.200. The molecule has 3 nitrogen and oxygen atoms in total. The molecule has 0 aliphatic heterocycles. The number of rotatable bonds is 1. The lowest BCUT2D eigenvalue weighted by molar-refractivity contribution is -0.0601. The van der Waals surface area contributed by atoms with Gasteiger partial charge in [-0.1, -0.05) is 5.16 Å². The van der Waals surface area contributed by atoms with Gasteiger partial charge in [-0.25, -0.2) is 4.98 Å². The molecule has 12 heavy (non-hydrogen) atoms. The summed E-state index contributed by atoms with van der Waals surface area (Å²) < 4.78 is 35.9. The third kappa shape index (κ3) is 1.73. The molecule has 0 atom stereocenters. The van der Waals surface area contributed by atoms with Gasteiger partial charge in [-0.05, 0) is 0 Å². The van der Waals surface area contributed by atoms with Crippen LogP contribution >= 0.6 is 11.3 Å². The average molecular weight is 196 g/mol. The summed E-state index contributed by atoms with van der Waals surface area (Å²) in [7, 11) is 0. The maximum absolute atomic E-state index is 12.0. The Morgan fingerprint density at radius 2 is 2.25 bits per heavy atom. The molecule has 7 heteroatoms. The predicted molar refractivity (Wildman–Crippen MR) is 36.5 cm³/mol. The molecule has 0 saturated heterocycles. The van der Waals surface area contributed by atoms with E-state index in [4.69, 9.17) is 5.21 Å². The van der Waals surface area contributed by atoms with Crippen molar-refractivity contribution in [1.29, 1.82) is 0 Å². The van der Waals surface area contributed by atoms with Gasteiger partial charge in [-0.3, -0.25) is 0 Å². The van der Waals surface area contributed by atoms with E-state index in [1.807, 2.05) is 0 Å². The summed E-state index contributed by atoms with van der Waals surface area (Å²) in [5, 5.41) is 11.2. The molecule has 0 fully saturated rings. The fourth-order valence-corrected chi connectivity index (χ4v) is 1.20. The Kier molecular flexibility index (Phi) is 2.32. The van der Waals surface area contributed by atoms with Crippen LogP contribution in [0.15, 0.2) is 16.7 Å². The van der Waals surface area contributed by atoms with Crippen LogP contribution in [0.3, 0.4) is 0 Å². The Bertz CT molecular complexity index is 279. The third-order valence-electron chi connectivity index (χ3n) is 1.00. The van der Waals surface area contributed by atoms with E-state index in [-0.39, 0.29) is 5.01 Å². The largest absolute Gasteiger partial charge is 0.439 e. The number of halogens is 3. The minimum atomic E-state index is -4.66. The summed E-state index contributed by atoms with van der Waals surface area (Å²) in [5.74, 6) is 0. The first-order valence-corrected chi connectivity index (χ1v) is 3.63. The molecule has 1 N–H and O–H groups in total. The molecular formula is C5H3F3N2OS. The second-order valence-corrected chi connectivity index (χ2v) is 2.68. The van der Waals surface area contributed by atoms with Gasteiger partial charge in [0.15, 0.2) is 0 Å². The van der Waals surface area contributed by atoms with Crippen LogP contribution in [-0.2, 0) is 0 Å². The number of aromatic nitrogens is 1. The second kappa shape index (κ2) is 3.10. The van der Waals surface area contributed by atoms with Gasteiger partial charge in [-0.15, -0.1) is 11.3 Å². The lowest BCUT2D eigenvalue weighted by Gasteiger charge is -2.03. The molecule has 66 valence electrons. The van der Waals surface area contributed by atoms with E-state index in [0.717, 1.165) is 11.3 Å². The van der Waals surface area contributed by atoms with Crippen LogP contribution in [0.5, 0.6) is 0 Å². The topological polar surface area (TPSA) is 45.5 Å². The van der Waals surface area contributed by atoms with Crippen molar-refractivity contribution < 1.29 is 18.4 Å². The zero-order valence-corrected chi connectivity index (χ0v) is 6.35. The van der Waals surface area contributed by atoms with E-state index >= 15 is 0 Å². The monoisotopic (exact) mass is 196 g/mol. The van der Waals surface area contributed by atoms with Crippen molar-refractivity contribution in [2.75, 3.05) is 0 Å². The van der Waals surface area contributed by atoms with Crippen molar-refractivity contribution in [3.8, 4) is 0 Å². The molecule has 0 aliphatic carbocycles. The van der Waals surface area contributed by atoms with Crippen molar-refractivity contribution in [3.63, 3.8) is 0 Å². The van der Waals surface area contributed by atoms with E-state index in [1.165, 1.54) is 11.6 Å². The smallest absolute Gasteiger partial charge is 0.410 e. The van der Waals surface area contributed by atoms with E-state index in [9.17, 15) is 13.2 Å². The summed E-state index contributed by atoms with van der Waals surface area (Å²) in [6.07, 6.45) is -3.45. The van der Waals surface area contributed by atoms with Gasteiger partial charge in [0.1, 0.15) is 5.01 Å². The Morgan fingerprint density at radius 1 is 1.58 bits per heavy atom. The summed E-state index contributed by atoms with van der Waals surface area (Å²) >= 11 is 0.761. The molecule has 1 aromatic heterocycles. The first-order valence-electron chi connectivity index (χ1n) is 2.75. The summed E-state index contributed by atoms with van der Waals surface area (Å²) in [6, 6.07) is 0. The highest BCUT2D eigenvalue weighted by Gasteiger charge is 2.39. The SMILES string of the molecule is ON=C(c1nccs1)C(F)(F)F. The van der Waals surface area contributed by atoms with Crippen molar-refractivity contribution in [2.24, 2.45) is 5.16 Å².